The Labute approximate surface area is 85.3 Å². The lowest BCUT2D eigenvalue weighted by molar-refractivity contribution is -0.150. The normalized spacial score (nSPS) is 14.0. The minimum atomic E-state index is -1.31. The van der Waals surface area contributed by atoms with Gasteiger partial charge in [-0.05, 0) is 0 Å². The van der Waals surface area contributed by atoms with E-state index in [1.165, 1.54) is 0 Å². The Hall–Kier alpha value is -1.67. The predicted octanol–water partition coefficient (Wildman–Crippen LogP) is -2.86. The highest BCUT2D eigenvalue weighted by molar-refractivity contribution is 5.84. The molecule has 1 amide bonds. The molecule has 86 valence electrons. The van der Waals surface area contributed by atoms with Gasteiger partial charge in [0.25, 0.3) is 0 Å². The fourth-order valence-electron chi connectivity index (χ4n) is 0.650. The van der Waals surface area contributed by atoms with Crippen LogP contribution in [0.25, 0.3) is 0 Å². The van der Waals surface area contributed by atoms with E-state index < -0.39 is 36.5 Å². The largest absolute Gasteiger partial charge is 0.480 e. The molecule has 8 nitrogen and oxygen atoms in total. The van der Waals surface area contributed by atoms with E-state index in [4.69, 9.17) is 22.3 Å². The molecular weight excluding hydrogens is 206 g/mol. The fourth-order valence-corrected chi connectivity index (χ4v) is 0.650. The average molecular weight is 219 g/mol. The molecule has 0 aliphatic rings. The van der Waals surface area contributed by atoms with Crippen molar-refractivity contribution < 1.29 is 24.2 Å². The van der Waals surface area contributed by atoms with Crippen molar-refractivity contribution in [2.75, 3.05) is 6.61 Å². The van der Waals surface area contributed by atoms with Gasteiger partial charge in [-0.25, -0.2) is 0 Å². The number of amides is 1. The lowest BCUT2D eigenvalue weighted by atomic mass is 10.2. The highest BCUT2D eigenvalue weighted by Gasteiger charge is 2.20. The Morgan fingerprint density at radius 3 is 2.13 bits per heavy atom. The van der Waals surface area contributed by atoms with Crippen LogP contribution in [0.2, 0.25) is 0 Å². The van der Waals surface area contributed by atoms with Crippen molar-refractivity contribution >= 4 is 17.8 Å². The number of nitrogens with two attached hydrogens (primary N) is 3. The Morgan fingerprint density at radius 1 is 1.20 bits per heavy atom. The third-order valence-corrected chi connectivity index (χ3v) is 1.45. The van der Waals surface area contributed by atoms with Gasteiger partial charge in [0, 0.05) is 0 Å². The molecule has 7 N–H and O–H groups in total. The van der Waals surface area contributed by atoms with E-state index in [1.54, 1.807) is 0 Å². The SMILES string of the molecule is NC(=O)CC(N)C(=O)OCC(N)C(=O)O. The summed E-state index contributed by atoms with van der Waals surface area (Å²) in [7, 11) is 0. The molecule has 0 saturated heterocycles. The van der Waals surface area contributed by atoms with Gasteiger partial charge in [-0.15, -0.1) is 0 Å². The lowest BCUT2D eigenvalue weighted by Crippen LogP contribution is -2.41. The number of hydrogen-bond donors (Lipinski definition) is 4. The van der Waals surface area contributed by atoms with Crippen LogP contribution in [0.5, 0.6) is 0 Å². The monoisotopic (exact) mass is 219 g/mol. The van der Waals surface area contributed by atoms with Crippen molar-refractivity contribution in [3.8, 4) is 0 Å². The van der Waals surface area contributed by atoms with Crippen molar-refractivity contribution in [1.82, 2.24) is 0 Å². The summed E-state index contributed by atoms with van der Waals surface area (Å²) < 4.78 is 4.45. The smallest absolute Gasteiger partial charge is 0.324 e. The number of carboxylic acids is 1. The number of carboxylic acid groups (broad SMARTS) is 1. The average Bonchev–Trinajstić information content (AvgIpc) is 2.12. The summed E-state index contributed by atoms with van der Waals surface area (Å²) in [6.07, 6.45) is -0.360. The van der Waals surface area contributed by atoms with Gasteiger partial charge in [0.1, 0.15) is 18.7 Å². The summed E-state index contributed by atoms with van der Waals surface area (Å²) >= 11 is 0. The van der Waals surface area contributed by atoms with Crippen LogP contribution in [-0.2, 0) is 19.1 Å². The first-order chi connectivity index (χ1) is 6.84. The van der Waals surface area contributed by atoms with Crippen molar-refractivity contribution in [2.45, 2.75) is 18.5 Å². The van der Waals surface area contributed by atoms with Crippen molar-refractivity contribution in [3.05, 3.63) is 0 Å². The number of hydrogen-bond acceptors (Lipinski definition) is 6. The number of carbonyl (C=O) groups excluding carboxylic acids is 2. The first-order valence-corrected chi connectivity index (χ1v) is 4.03. The predicted molar refractivity (Wildman–Crippen MR) is 48.4 cm³/mol. The molecule has 2 unspecified atom stereocenters. The second kappa shape index (κ2) is 5.94. The molecule has 15 heavy (non-hydrogen) atoms. The molecular formula is C7H13N3O5. The van der Waals surface area contributed by atoms with Gasteiger partial charge in [0.15, 0.2) is 0 Å². The van der Waals surface area contributed by atoms with Crippen LogP contribution in [0, 0.1) is 0 Å². The van der Waals surface area contributed by atoms with Crippen LogP contribution >= 0.6 is 0 Å². The molecule has 0 aliphatic carbocycles. The standard InChI is InChI=1S/C7H13N3O5/c8-3(1-5(10)11)7(14)15-2-4(9)6(12)13/h3-4H,1-2,8-9H2,(H2,10,11)(H,12,13). The Kier molecular flexibility index (Phi) is 5.27. The van der Waals surface area contributed by atoms with Gasteiger partial charge in [0.2, 0.25) is 5.91 Å². The molecule has 8 heteroatoms. The van der Waals surface area contributed by atoms with E-state index >= 15 is 0 Å². The summed E-state index contributed by atoms with van der Waals surface area (Å²) in [5, 5.41) is 8.36. The highest BCUT2D eigenvalue weighted by Crippen LogP contribution is 1.92. The fraction of sp³-hybridized carbons (Fsp3) is 0.571. The van der Waals surface area contributed by atoms with E-state index in [9.17, 15) is 14.4 Å². The highest BCUT2D eigenvalue weighted by atomic mass is 16.5. The van der Waals surface area contributed by atoms with Gasteiger partial charge < -0.3 is 27.0 Å². The number of esters is 1. The van der Waals surface area contributed by atoms with Crippen LogP contribution in [-0.4, -0.2) is 41.6 Å². The number of aliphatic carboxylic acids is 1. The molecule has 0 aromatic rings. The molecule has 0 heterocycles. The van der Waals surface area contributed by atoms with Crippen LogP contribution in [0.1, 0.15) is 6.42 Å². The summed E-state index contributed by atoms with van der Waals surface area (Å²) in [5.41, 5.74) is 15.1. The summed E-state index contributed by atoms with van der Waals surface area (Å²) in [4.78, 5) is 31.6. The molecule has 0 fully saturated rings. The molecule has 0 spiro atoms. The minimum absolute atomic E-state index is 0.360. The zero-order valence-corrected chi connectivity index (χ0v) is 7.88. The molecule has 0 radical (unpaired) electrons. The molecule has 0 bridgehead atoms. The van der Waals surface area contributed by atoms with Gasteiger partial charge in [0.05, 0.1) is 6.42 Å². The van der Waals surface area contributed by atoms with Crippen molar-refractivity contribution in [1.29, 1.82) is 0 Å². The van der Waals surface area contributed by atoms with Crippen LogP contribution in [0.15, 0.2) is 0 Å². The maximum atomic E-state index is 11.0. The number of rotatable bonds is 6. The van der Waals surface area contributed by atoms with E-state index in [2.05, 4.69) is 4.74 Å². The minimum Gasteiger partial charge on any atom is -0.480 e. The first kappa shape index (κ1) is 13.3. The third kappa shape index (κ3) is 5.60. The topological polar surface area (TPSA) is 159 Å². The van der Waals surface area contributed by atoms with Crippen LogP contribution in [0.4, 0.5) is 0 Å². The third-order valence-electron chi connectivity index (χ3n) is 1.45. The summed E-state index contributed by atoms with van der Waals surface area (Å²) in [6.45, 7) is -0.499. The summed E-state index contributed by atoms with van der Waals surface area (Å²) in [6, 6.07) is -2.50. The molecule has 0 saturated carbocycles. The maximum absolute atomic E-state index is 11.0. The van der Waals surface area contributed by atoms with Crippen LogP contribution < -0.4 is 17.2 Å². The lowest BCUT2D eigenvalue weighted by Gasteiger charge is -2.11. The summed E-state index contributed by atoms with van der Waals surface area (Å²) in [5.74, 6) is -2.96. The van der Waals surface area contributed by atoms with Crippen LogP contribution in [0.3, 0.4) is 0 Å². The quantitative estimate of drug-likeness (QED) is 0.349. The van der Waals surface area contributed by atoms with E-state index in [-0.39, 0.29) is 6.42 Å². The van der Waals surface area contributed by atoms with E-state index in [0.717, 1.165) is 0 Å². The molecule has 0 aromatic heterocycles. The number of primary amides is 1. The molecule has 0 aliphatic heterocycles. The number of carbonyl (C=O) groups is 3. The van der Waals surface area contributed by atoms with E-state index in [0.29, 0.717) is 0 Å². The zero-order valence-electron chi connectivity index (χ0n) is 7.88. The zero-order chi connectivity index (χ0) is 12.0. The van der Waals surface area contributed by atoms with Gasteiger partial charge in [-0.3, -0.25) is 14.4 Å². The molecule has 0 aromatic carbocycles. The first-order valence-electron chi connectivity index (χ1n) is 4.03. The van der Waals surface area contributed by atoms with Gasteiger partial charge in [-0.1, -0.05) is 0 Å². The Morgan fingerprint density at radius 2 is 1.73 bits per heavy atom. The molecule has 2 atom stereocenters. The Bertz CT molecular complexity index is 267. The Balaban J connectivity index is 3.93. The van der Waals surface area contributed by atoms with Gasteiger partial charge in [-0.2, -0.15) is 0 Å². The second-order valence-corrected chi connectivity index (χ2v) is 2.85. The maximum Gasteiger partial charge on any atom is 0.324 e. The molecule has 0 rings (SSSR count). The van der Waals surface area contributed by atoms with Crippen molar-refractivity contribution in [3.63, 3.8) is 0 Å². The van der Waals surface area contributed by atoms with E-state index in [1.807, 2.05) is 0 Å². The van der Waals surface area contributed by atoms with Gasteiger partial charge >= 0.3 is 11.9 Å². The second-order valence-electron chi connectivity index (χ2n) is 2.85. The van der Waals surface area contributed by atoms with Crippen molar-refractivity contribution in [2.24, 2.45) is 17.2 Å². The number of ether oxygens (including phenoxy) is 1.